The molecule has 4 atom stereocenters. The van der Waals surface area contributed by atoms with Crippen LogP contribution in [0, 0.1) is 11.8 Å². The summed E-state index contributed by atoms with van der Waals surface area (Å²) < 4.78 is 31.6. The Kier molecular flexibility index (Phi) is 8.71. The molecule has 0 aliphatic heterocycles. The summed E-state index contributed by atoms with van der Waals surface area (Å²) in [5, 5.41) is 47.0. The molecule has 42 heavy (non-hydrogen) atoms. The maximum Gasteiger partial charge on any atom is 0.394 e. The second-order valence-corrected chi connectivity index (χ2v) is 11.6. The number of fused-ring (bicyclic) bond motifs is 3. The first-order valence-corrected chi connectivity index (χ1v) is 13.8. The first kappa shape index (κ1) is 32.8. The third-order valence-corrected chi connectivity index (χ3v) is 7.82. The van der Waals surface area contributed by atoms with Crippen LogP contribution in [0.5, 0.6) is 5.75 Å². The molecule has 16 nitrogen and oxygen atoms in total. The number of benzene rings is 1. The molecule has 18 heteroatoms. The number of phenolic OH excluding ortho intramolecular Hbond substituents is 1. The fraction of sp³-hybridized carbons (Fsp3) is 0.417. The third kappa shape index (κ3) is 5.18. The van der Waals surface area contributed by atoms with Crippen molar-refractivity contribution < 1.29 is 57.1 Å². The van der Waals surface area contributed by atoms with Gasteiger partial charge >= 0.3 is 10.4 Å². The molecule has 2 amide bonds. The highest BCUT2D eigenvalue weighted by atomic mass is 35.5. The number of likely N-dealkylation sites (N-methyl/N-ethyl adjacent to an activating group) is 1. The molecule has 0 spiro atoms. The largest absolute Gasteiger partial charge is 0.510 e. The van der Waals surface area contributed by atoms with Gasteiger partial charge < -0.3 is 36.4 Å². The van der Waals surface area contributed by atoms with Crippen molar-refractivity contribution in [3.63, 3.8) is 0 Å². The van der Waals surface area contributed by atoms with E-state index in [9.17, 15) is 39.6 Å². The number of nitrogens with two attached hydrogens (primary N) is 1. The Morgan fingerprint density at radius 1 is 1.14 bits per heavy atom. The van der Waals surface area contributed by atoms with E-state index >= 15 is 0 Å². The Labute approximate surface area is 244 Å². The fourth-order valence-electron chi connectivity index (χ4n) is 5.99. The number of nitrogens with zero attached hydrogens (tertiary/aromatic N) is 2. The van der Waals surface area contributed by atoms with Gasteiger partial charge in [-0.05, 0) is 38.4 Å². The van der Waals surface area contributed by atoms with E-state index in [1.807, 2.05) is 0 Å². The van der Waals surface area contributed by atoms with Crippen molar-refractivity contribution in [2.45, 2.75) is 24.5 Å². The van der Waals surface area contributed by atoms with Crippen LogP contribution in [0.15, 0.2) is 22.7 Å². The fourth-order valence-corrected chi connectivity index (χ4v) is 6.42. The number of aromatic hydroxyl groups is 1. The molecule has 3 unspecified atom stereocenters. The molecule has 0 bridgehead atoms. The highest BCUT2D eigenvalue weighted by Crippen LogP contribution is 2.55. The Balaban J connectivity index is 0.000000892. The summed E-state index contributed by atoms with van der Waals surface area (Å²) in [5.74, 6) is -7.63. The SMILES string of the molecule is CN(C)c1c(Cl)c(NC=O)c(O)c2c1CC1CC3[C@H](N(C)C)C(O)=C(C(N)=O)C(=O)C3(O)C(O)=C1C2=O.O=S(=O)(O)O. The Morgan fingerprint density at radius 2 is 1.69 bits per heavy atom. The first-order chi connectivity index (χ1) is 19.2. The molecule has 230 valence electrons. The van der Waals surface area contributed by atoms with Crippen molar-refractivity contribution in [1.82, 2.24) is 4.90 Å². The van der Waals surface area contributed by atoms with Gasteiger partial charge in [-0.2, -0.15) is 8.42 Å². The number of phenols is 1. The number of hydrogen-bond acceptors (Lipinski definition) is 12. The number of nitrogens with one attached hydrogen (secondary N) is 1. The number of hydrogen-bond donors (Lipinski definition) is 8. The van der Waals surface area contributed by atoms with E-state index < -0.39 is 74.2 Å². The predicted molar refractivity (Wildman–Crippen MR) is 147 cm³/mol. The molecule has 3 aliphatic carbocycles. The van der Waals surface area contributed by atoms with Gasteiger partial charge in [0.25, 0.3) is 5.91 Å². The van der Waals surface area contributed by atoms with Gasteiger partial charge in [-0.25, -0.2) is 0 Å². The molecular formula is C24H29ClN4O12S. The lowest BCUT2D eigenvalue weighted by molar-refractivity contribution is -0.148. The average molecular weight is 633 g/mol. The molecule has 9 N–H and O–H groups in total. The monoisotopic (exact) mass is 632 g/mol. The number of Topliss-reactive ketones (excluding diaryl/α,β-unsaturated/α-hetero) is 2. The van der Waals surface area contributed by atoms with E-state index in [0.717, 1.165) is 0 Å². The van der Waals surface area contributed by atoms with E-state index in [1.165, 1.54) is 4.90 Å². The van der Waals surface area contributed by atoms with Gasteiger partial charge in [-0.3, -0.25) is 33.2 Å². The summed E-state index contributed by atoms with van der Waals surface area (Å²) >= 11 is 6.49. The number of carbonyl (C=O) groups is 4. The smallest absolute Gasteiger partial charge is 0.394 e. The Bertz CT molecular complexity index is 1560. The topological polar surface area (TPSA) is 268 Å². The molecule has 0 fully saturated rings. The van der Waals surface area contributed by atoms with Crippen LogP contribution < -0.4 is 16.0 Å². The molecule has 1 aromatic carbocycles. The number of ketones is 2. The van der Waals surface area contributed by atoms with Crippen molar-refractivity contribution in [1.29, 1.82) is 0 Å². The van der Waals surface area contributed by atoms with Gasteiger partial charge in [-0.1, -0.05) is 11.6 Å². The van der Waals surface area contributed by atoms with E-state index in [-0.39, 0.29) is 41.1 Å². The number of anilines is 2. The Morgan fingerprint density at radius 3 is 2.14 bits per heavy atom. The summed E-state index contributed by atoms with van der Waals surface area (Å²) in [6, 6.07) is -1.09. The second kappa shape index (κ2) is 11.2. The van der Waals surface area contributed by atoms with E-state index in [2.05, 4.69) is 5.32 Å². The van der Waals surface area contributed by atoms with E-state index in [0.29, 0.717) is 11.3 Å². The minimum Gasteiger partial charge on any atom is -0.510 e. The zero-order valence-electron chi connectivity index (χ0n) is 22.6. The van der Waals surface area contributed by atoms with Crippen LogP contribution in [0.2, 0.25) is 5.02 Å². The molecule has 0 heterocycles. The predicted octanol–water partition coefficient (Wildman–Crippen LogP) is -0.244. The summed E-state index contributed by atoms with van der Waals surface area (Å²) in [6.45, 7) is 0. The molecule has 1 aromatic rings. The summed E-state index contributed by atoms with van der Waals surface area (Å²) in [5.41, 5.74) is 1.64. The second-order valence-electron chi connectivity index (χ2n) is 10.3. The van der Waals surface area contributed by atoms with Crippen molar-refractivity contribution in [3.05, 3.63) is 38.8 Å². The van der Waals surface area contributed by atoms with Crippen LogP contribution in [-0.4, -0.2) is 107 Å². The highest BCUT2D eigenvalue weighted by Gasteiger charge is 2.63. The van der Waals surface area contributed by atoms with Gasteiger partial charge in [-0.15, -0.1) is 0 Å². The van der Waals surface area contributed by atoms with Crippen LogP contribution >= 0.6 is 11.6 Å². The molecule has 3 aliphatic rings. The van der Waals surface area contributed by atoms with Gasteiger partial charge in [0, 0.05) is 25.6 Å². The quantitative estimate of drug-likeness (QED) is 0.0900. The van der Waals surface area contributed by atoms with Gasteiger partial charge in [0.1, 0.15) is 22.8 Å². The molecule has 0 aromatic heterocycles. The molecule has 0 saturated carbocycles. The normalized spacial score (nSPS) is 25.2. The lowest BCUT2D eigenvalue weighted by Crippen LogP contribution is -2.63. The standard InChI is InChI=1S/C24H27ClN4O8.H2O4S/c1-28(2)16-9-5-8-6-10-17(29(3)4)20(33)13(23(26)36)22(35)24(10,37)21(34)11(8)18(31)12(9)19(32)15(14(16)25)27-7-30;1-5(2,3)4/h7-8,10,17,32-34,37H,5-6H2,1-4H3,(H2,26,36)(H,27,30);(H2,1,2,3,4)/t8?,10?,17-,24?;/m0./s1. The third-order valence-electron chi connectivity index (χ3n) is 7.45. The van der Waals surface area contributed by atoms with Gasteiger partial charge in [0.05, 0.1) is 22.3 Å². The molecule has 0 radical (unpaired) electrons. The van der Waals surface area contributed by atoms with E-state index in [1.54, 1.807) is 33.1 Å². The van der Waals surface area contributed by atoms with E-state index in [4.69, 9.17) is 34.9 Å². The minimum absolute atomic E-state index is 0.00388. The zero-order chi connectivity index (χ0) is 32.2. The van der Waals surface area contributed by atoms with Crippen molar-refractivity contribution in [3.8, 4) is 5.75 Å². The number of rotatable bonds is 5. The average Bonchev–Trinajstić information content (AvgIpc) is 2.82. The van der Waals surface area contributed by atoms with Gasteiger partial charge in [0.2, 0.25) is 12.2 Å². The van der Waals surface area contributed by atoms with Crippen LogP contribution in [0.4, 0.5) is 11.4 Å². The number of primary amides is 1. The minimum atomic E-state index is -4.67. The molecular weight excluding hydrogens is 604 g/mol. The lowest BCUT2D eigenvalue weighted by atomic mass is 9.58. The maximum atomic E-state index is 13.8. The summed E-state index contributed by atoms with van der Waals surface area (Å²) in [6.07, 6.45) is 0.293. The Hall–Kier alpha value is -3.74. The first-order valence-electron chi connectivity index (χ1n) is 12.0. The number of allylic oxidation sites excluding steroid dienone is 1. The van der Waals surface area contributed by atoms with Crippen LogP contribution in [0.3, 0.4) is 0 Å². The number of aliphatic hydroxyl groups is 3. The lowest BCUT2D eigenvalue weighted by Gasteiger charge is -2.50. The highest BCUT2D eigenvalue weighted by molar-refractivity contribution is 7.79. The molecule has 0 saturated heterocycles. The number of carbonyl (C=O) groups excluding carboxylic acids is 4. The van der Waals surface area contributed by atoms with Crippen molar-refractivity contribution in [2.75, 3.05) is 38.4 Å². The van der Waals surface area contributed by atoms with Crippen LogP contribution in [-0.2, 0) is 31.2 Å². The summed E-state index contributed by atoms with van der Waals surface area (Å²) in [4.78, 5) is 53.4. The number of halogens is 1. The van der Waals surface area contributed by atoms with Gasteiger partial charge in [0.15, 0.2) is 17.1 Å². The summed E-state index contributed by atoms with van der Waals surface area (Å²) in [7, 11) is 1.76. The van der Waals surface area contributed by atoms with Crippen LogP contribution in [0.1, 0.15) is 22.3 Å². The van der Waals surface area contributed by atoms with Crippen molar-refractivity contribution in [2.24, 2.45) is 17.6 Å². The van der Waals surface area contributed by atoms with Crippen LogP contribution in [0.25, 0.3) is 0 Å². The number of aliphatic hydroxyl groups excluding tert-OH is 2. The maximum absolute atomic E-state index is 13.8. The molecule has 4 rings (SSSR count). The zero-order valence-corrected chi connectivity index (χ0v) is 24.2. The van der Waals surface area contributed by atoms with Crippen molar-refractivity contribution >= 4 is 57.3 Å². The number of amides is 2.